The largest absolute Gasteiger partial charge is 0.478 e. The Morgan fingerprint density at radius 3 is 2.54 bits per heavy atom. The fourth-order valence-corrected chi connectivity index (χ4v) is 5.90. The highest BCUT2D eigenvalue weighted by molar-refractivity contribution is 7.91. The Morgan fingerprint density at radius 2 is 1.89 bits per heavy atom. The van der Waals surface area contributed by atoms with Gasteiger partial charge in [-0.2, -0.15) is 13.2 Å². The topological polar surface area (TPSA) is 112 Å². The monoisotopic (exact) mass is 580 g/mol. The number of hydrogen-bond acceptors (Lipinski definition) is 7. The summed E-state index contributed by atoms with van der Waals surface area (Å²) in [5.41, 5.74) is -0.0301. The number of imidazole rings is 1. The molecule has 1 N–H and O–H groups in total. The fraction of sp³-hybridized carbons (Fsp3) is 0.409. The van der Waals surface area contributed by atoms with Crippen molar-refractivity contribution in [2.24, 2.45) is 7.05 Å². The summed E-state index contributed by atoms with van der Waals surface area (Å²) in [6.07, 6.45) is -2.87. The number of nitrogens with one attached hydrogen (secondary N) is 1. The van der Waals surface area contributed by atoms with Gasteiger partial charge in [-0.25, -0.2) is 18.4 Å². The number of nitrogens with zero attached hydrogens (tertiary/aromatic N) is 3. The van der Waals surface area contributed by atoms with E-state index in [1.807, 2.05) is 0 Å². The van der Waals surface area contributed by atoms with Crippen molar-refractivity contribution in [2.75, 3.05) is 18.1 Å². The van der Waals surface area contributed by atoms with Crippen LogP contribution in [0.15, 0.2) is 24.4 Å². The lowest BCUT2D eigenvalue weighted by molar-refractivity contribution is -0.153. The van der Waals surface area contributed by atoms with Crippen molar-refractivity contribution in [3.63, 3.8) is 0 Å². The van der Waals surface area contributed by atoms with Gasteiger partial charge in [0.25, 0.3) is 11.8 Å². The number of amides is 1. The van der Waals surface area contributed by atoms with E-state index in [-0.39, 0.29) is 63.1 Å². The van der Waals surface area contributed by atoms with E-state index < -0.39 is 34.1 Å². The molecule has 1 aromatic carbocycles. The van der Waals surface area contributed by atoms with Crippen molar-refractivity contribution in [2.45, 2.75) is 31.5 Å². The number of benzene rings is 1. The van der Waals surface area contributed by atoms with Crippen molar-refractivity contribution in [1.29, 1.82) is 0 Å². The summed E-state index contributed by atoms with van der Waals surface area (Å²) in [5, 5.41) is 2.90. The molecule has 15 heteroatoms. The second-order valence-electron chi connectivity index (χ2n) is 8.87. The van der Waals surface area contributed by atoms with E-state index in [4.69, 9.17) is 32.7 Å². The van der Waals surface area contributed by atoms with Gasteiger partial charge in [0.15, 0.2) is 23.9 Å². The minimum absolute atomic E-state index is 0.00959. The highest BCUT2D eigenvalue weighted by Gasteiger charge is 2.36. The van der Waals surface area contributed by atoms with Crippen molar-refractivity contribution in [3.8, 4) is 17.4 Å². The van der Waals surface area contributed by atoms with Gasteiger partial charge in [0.05, 0.1) is 22.0 Å². The number of pyridine rings is 1. The van der Waals surface area contributed by atoms with Crippen LogP contribution in [0.5, 0.6) is 17.4 Å². The molecule has 1 amide bonds. The molecule has 200 valence electrons. The quantitative estimate of drug-likeness (QED) is 0.449. The van der Waals surface area contributed by atoms with E-state index in [1.54, 1.807) is 20.0 Å². The molecular formula is C22H21Cl2F3N4O5S. The van der Waals surface area contributed by atoms with Crippen LogP contribution in [0.25, 0.3) is 11.0 Å². The first-order chi connectivity index (χ1) is 17.2. The number of carbonyl (C=O) groups is 1. The zero-order chi connectivity index (χ0) is 27.2. The summed E-state index contributed by atoms with van der Waals surface area (Å²) in [6.45, 7) is 0.195. The van der Waals surface area contributed by atoms with Crippen LogP contribution in [0.1, 0.15) is 30.4 Å². The maximum atomic E-state index is 13.0. The van der Waals surface area contributed by atoms with Crippen LogP contribution in [0.3, 0.4) is 0 Å². The predicted molar refractivity (Wildman–Crippen MR) is 130 cm³/mol. The van der Waals surface area contributed by atoms with Crippen molar-refractivity contribution >= 4 is 50.0 Å². The lowest BCUT2D eigenvalue weighted by atomic mass is 9.95. The molecule has 3 aromatic rings. The summed E-state index contributed by atoms with van der Waals surface area (Å²) in [6, 6.07) is 4.15. The second-order valence-corrected chi connectivity index (χ2v) is 12.0. The number of ether oxygens (including phenoxy) is 2. The van der Waals surface area contributed by atoms with Crippen molar-refractivity contribution in [1.82, 2.24) is 19.9 Å². The highest BCUT2D eigenvalue weighted by atomic mass is 35.5. The van der Waals surface area contributed by atoms with Gasteiger partial charge in [-0.15, -0.1) is 0 Å². The SMILES string of the molecule is Cn1c(C(=O)NC2(C)CCS(=O)(=O)CC2)nc2c(Cl)c(Oc3ncc(Cl)cc3OCC(F)(F)F)ccc21. The second kappa shape index (κ2) is 9.84. The van der Waals surface area contributed by atoms with E-state index in [0.717, 1.165) is 6.07 Å². The summed E-state index contributed by atoms with van der Waals surface area (Å²) < 4.78 is 73.4. The number of alkyl halides is 3. The van der Waals surface area contributed by atoms with E-state index in [2.05, 4.69) is 15.3 Å². The Bertz CT molecular complexity index is 1460. The minimum Gasteiger partial charge on any atom is -0.478 e. The molecule has 1 aliphatic heterocycles. The smallest absolute Gasteiger partial charge is 0.422 e. The van der Waals surface area contributed by atoms with Gasteiger partial charge < -0.3 is 19.4 Å². The van der Waals surface area contributed by atoms with Crippen LogP contribution in [0.4, 0.5) is 13.2 Å². The molecule has 1 saturated heterocycles. The zero-order valence-electron chi connectivity index (χ0n) is 19.5. The van der Waals surface area contributed by atoms with Crippen LogP contribution in [-0.2, 0) is 16.9 Å². The maximum Gasteiger partial charge on any atom is 0.422 e. The number of rotatable bonds is 6. The molecule has 0 saturated carbocycles. The first-order valence-electron chi connectivity index (χ1n) is 10.9. The molecule has 9 nitrogen and oxygen atoms in total. The zero-order valence-corrected chi connectivity index (χ0v) is 21.9. The molecule has 0 radical (unpaired) electrons. The van der Waals surface area contributed by atoms with Gasteiger partial charge in [-0.3, -0.25) is 4.79 Å². The summed E-state index contributed by atoms with van der Waals surface area (Å²) in [4.78, 5) is 21.3. The third kappa shape index (κ3) is 6.21. The highest BCUT2D eigenvalue weighted by Crippen LogP contribution is 2.39. The molecule has 0 bridgehead atoms. The number of aryl methyl sites for hydroxylation is 1. The van der Waals surface area contributed by atoms with E-state index >= 15 is 0 Å². The molecule has 0 unspecified atom stereocenters. The average Bonchev–Trinajstić information content (AvgIpc) is 3.15. The van der Waals surface area contributed by atoms with Crippen LogP contribution in [-0.4, -0.2) is 58.7 Å². The normalized spacial score (nSPS) is 16.9. The lowest BCUT2D eigenvalue weighted by Crippen LogP contribution is -2.51. The Balaban J connectivity index is 1.60. The third-order valence-corrected chi connectivity index (χ3v) is 8.11. The van der Waals surface area contributed by atoms with Gasteiger partial charge in [0.2, 0.25) is 0 Å². The van der Waals surface area contributed by atoms with E-state index in [0.29, 0.717) is 5.52 Å². The Labute approximate surface area is 219 Å². The number of fused-ring (bicyclic) bond motifs is 1. The van der Waals surface area contributed by atoms with Crippen LogP contribution >= 0.6 is 23.2 Å². The average molecular weight is 581 g/mol. The molecule has 1 fully saturated rings. The molecule has 2 aromatic heterocycles. The van der Waals surface area contributed by atoms with Crippen LogP contribution < -0.4 is 14.8 Å². The van der Waals surface area contributed by atoms with Crippen molar-refractivity contribution in [3.05, 3.63) is 40.3 Å². The molecule has 0 spiro atoms. The molecule has 0 atom stereocenters. The maximum absolute atomic E-state index is 13.0. The van der Waals surface area contributed by atoms with Gasteiger partial charge in [0.1, 0.15) is 20.4 Å². The molecule has 37 heavy (non-hydrogen) atoms. The number of aromatic nitrogens is 3. The number of carbonyl (C=O) groups excluding carboxylic acids is 1. The molecule has 0 aliphatic carbocycles. The minimum atomic E-state index is -4.59. The summed E-state index contributed by atoms with van der Waals surface area (Å²) >= 11 is 12.3. The molecule has 1 aliphatic rings. The number of sulfone groups is 1. The van der Waals surface area contributed by atoms with Gasteiger partial charge in [0, 0.05) is 24.8 Å². The van der Waals surface area contributed by atoms with Gasteiger partial charge >= 0.3 is 6.18 Å². The first-order valence-corrected chi connectivity index (χ1v) is 13.4. The summed E-state index contributed by atoms with van der Waals surface area (Å²) in [7, 11) is -1.51. The molecule has 4 rings (SSSR count). The fourth-order valence-electron chi connectivity index (χ4n) is 3.79. The van der Waals surface area contributed by atoms with Gasteiger partial charge in [-0.05, 0) is 31.9 Å². The van der Waals surface area contributed by atoms with E-state index in [1.165, 1.54) is 16.8 Å². The van der Waals surface area contributed by atoms with Crippen LogP contribution in [0.2, 0.25) is 10.0 Å². The number of halogens is 5. The Morgan fingerprint density at radius 1 is 1.22 bits per heavy atom. The summed E-state index contributed by atoms with van der Waals surface area (Å²) in [5.74, 6) is -1.16. The van der Waals surface area contributed by atoms with E-state index in [9.17, 15) is 26.4 Å². The molecular weight excluding hydrogens is 560 g/mol. The lowest BCUT2D eigenvalue weighted by Gasteiger charge is -2.34. The molecule has 3 heterocycles. The van der Waals surface area contributed by atoms with Crippen LogP contribution in [0, 0.1) is 0 Å². The predicted octanol–water partition coefficient (Wildman–Crippen LogP) is 4.71. The van der Waals surface area contributed by atoms with Gasteiger partial charge in [-0.1, -0.05) is 23.2 Å². The standard InChI is InChI=1S/C22H21Cl2F3N4O5S/c1-21(5-7-37(33,34)8-6-21)30-19(32)18-29-17-13(31(18)2)3-4-14(16(17)24)36-20-15(9-12(23)10-28-20)35-11-22(25,26)27/h3-4,9-10H,5-8,11H2,1-2H3,(H,30,32). The van der Waals surface area contributed by atoms with Crippen molar-refractivity contribution < 1.29 is 35.9 Å². The Kier molecular flexibility index (Phi) is 7.25. The number of hydrogen-bond donors (Lipinski definition) is 1. The first kappa shape index (κ1) is 27.3. The third-order valence-electron chi connectivity index (χ3n) is 5.89. The Hall–Kier alpha value is -2.77.